The first-order valence-corrected chi connectivity index (χ1v) is 6.53. The zero-order chi connectivity index (χ0) is 14.2. The predicted octanol–water partition coefficient (Wildman–Crippen LogP) is 0.337. The average molecular weight is 282 g/mol. The Hall–Kier alpha value is -1.80. The Balaban J connectivity index is 1.49. The van der Waals surface area contributed by atoms with Crippen molar-refractivity contribution in [1.29, 1.82) is 0 Å². The van der Waals surface area contributed by atoms with E-state index in [0.717, 1.165) is 5.69 Å². The van der Waals surface area contributed by atoms with Crippen LogP contribution >= 0.6 is 0 Å². The van der Waals surface area contributed by atoms with Gasteiger partial charge in [-0.1, -0.05) is 0 Å². The van der Waals surface area contributed by atoms with E-state index in [9.17, 15) is 4.79 Å². The number of hydrogen-bond donors (Lipinski definition) is 3. The van der Waals surface area contributed by atoms with E-state index in [1.807, 2.05) is 6.92 Å². The Morgan fingerprint density at radius 2 is 2.45 bits per heavy atom. The molecule has 1 aromatic heterocycles. The van der Waals surface area contributed by atoms with Crippen molar-refractivity contribution < 1.29 is 19.0 Å². The molecule has 3 heterocycles. The van der Waals surface area contributed by atoms with E-state index in [-0.39, 0.29) is 17.7 Å². The number of nitrogens with two attached hydrogens (primary N) is 1. The summed E-state index contributed by atoms with van der Waals surface area (Å²) >= 11 is 0. The predicted molar refractivity (Wildman–Crippen MR) is 68.9 cm³/mol. The van der Waals surface area contributed by atoms with Gasteiger partial charge in [-0.05, 0) is 6.92 Å². The molecule has 3 rings (SSSR count). The van der Waals surface area contributed by atoms with Gasteiger partial charge >= 0.3 is 6.09 Å². The summed E-state index contributed by atoms with van der Waals surface area (Å²) in [5.74, 6) is 0.420. The monoisotopic (exact) mass is 282 g/mol. The van der Waals surface area contributed by atoms with Crippen molar-refractivity contribution in [3.63, 3.8) is 0 Å². The molecule has 0 aromatic carbocycles. The molecule has 2 atom stereocenters. The van der Waals surface area contributed by atoms with Crippen LogP contribution in [0.5, 0.6) is 0 Å². The number of rotatable bonds is 3. The van der Waals surface area contributed by atoms with Gasteiger partial charge in [-0.15, -0.1) is 0 Å². The summed E-state index contributed by atoms with van der Waals surface area (Å²) in [4.78, 5) is 11.8. The number of ether oxygens (including phenoxy) is 3. The van der Waals surface area contributed by atoms with Crippen LogP contribution in [0.4, 0.5) is 10.6 Å². The SMILES string of the molecule is CC1(NC(=O)O[C@H]2CO[C@@H](c3cc(N)n[nH]3)C2)COC1. The first-order valence-electron chi connectivity index (χ1n) is 6.53. The Morgan fingerprint density at radius 1 is 1.65 bits per heavy atom. The lowest BCUT2D eigenvalue weighted by atomic mass is 10.0. The summed E-state index contributed by atoms with van der Waals surface area (Å²) in [7, 11) is 0. The highest BCUT2D eigenvalue weighted by atomic mass is 16.6. The number of hydrogen-bond acceptors (Lipinski definition) is 6. The van der Waals surface area contributed by atoms with Gasteiger partial charge in [0.1, 0.15) is 18.0 Å². The summed E-state index contributed by atoms with van der Waals surface area (Å²) in [5, 5.41) is 9.45. The lowest BCUT2D eigenvalue weighted by molar-refractivity contribution is -0.0637. The standard InChI is InChI=1S/C12H18N4O4/c1-12(5-18-6-12)14-11(17)20-7-2-9(19-4-7)8-3-10(13)16-15-8/h3,7,9H,2,4-6H2,1H3,(H,14,17)(H3,13,15,16)/t7-,9-/m1/s1. The van der Waals surface area contributed by atoms with Gasteiger partial charge in [0.2, 0.25) is 0 Å². The van der Waals surface area contributed by atoms with Crippen molar-refractivity contribution in [2.75, 3.05) is 25.6 Å². The van der Waals surface area contributed by atoms with E-state index in [0.29, 0.717) is 32.1 Å². The molecule has 4 N–H and O–H groups in total. The fourth-order valence-corrected chi connectivity index (χ4v) is 2.32. The van der Waals surface area contributed by atoms with Crippen LogP contribution in [-0.2, 0) is 14.2 Å². The number of nitrogens with zero attached hydrogens (tertiary/aromatic N) is 1. The van der Waals surface area contributed by atoms with E-state index >= 15 is 0 Å². The molecule has 1 aromatic rings. The van der Waals surface area contributed by atoms with Crippen molar-refractivity contribution >= 4 is 11.9 Å². The number of alkyl carbamates (subject to hydrolysis) is 1. The van der Waals surface area contributed by atoms with Gasteiger partial charge in [0.05, 0.1) is 31.1 Å². The third-order valence-corrected chi connectivity index (χ3v) is 3.44. The highest BCUT2D eigenvalue weighted by Crippen LogP contribution is 2.30. The maximum absolute atomic E-state index is 11.8. The van der Waals surface area contributed by atoms with Crippen LogP contribution in [-0.4, -0.2) is 47.8 Å². The van der Waals surface area contributed by atoms with Gasteiger partial charge in [0, 0.05) is 12.5 Å². The normalized spacial score (nSPS) is 27.9. The molecule has 0 saturated carbocycles. The van der Waals surface area contributed by atoms with Crippen LogP contribution in [0.3, 0.4) is 0 Å². The van der Waals surface area contributed by atoms with Gasteiger partial charge in [-0.3, -0.25) is 5.10 Å². The minimum Gasteiger partial charge on any atom is -0.444 e. The van der Waals surface area contributed by atoms with E-state index in [4.69, 9.17) is 19.9 Å². The number of anilines is 1. The first-order chi connectivity index (χ1) is 9.54. The van der Waals surface area contributed by atoms with E-state index < -0.39 is 6.09 Å². The fourth-order valence-electron chi connectivity index (χ4n) is 2.32. The van der Waals surface area contributed by atoms with Crippen LogP contribution in [0.15, 0.2) is 6.07 Å². The van der Waals surface area contributed by atoms with Crippen molar-refractivity contribution in [3.05, 3.63) is 11.8 Å². The fraction of sp³-hybridized carbons (Fsp3) is 0.667. The van der Waals surface area contributed by atoms with Crippen LogP contribution in [0.1, 0.15) is 25.1 Å². The van der Waals surface area contributed by atoms with Crippen LogP contribution in [0, 0.1) is 0 Å². The maximum Gasteiger partial charge on any atom is 0.408 e. The summed E-state index contributed by atoms with van der Waals surface area (Å²) < 4.78 is 16.0. The van der Waals surface area contributed by atoms with Gasteiger partial charge < -0.3 is 25.3 Å². The molecule has 8 nitrogen and oxygen atoms in total. The molecular formula is C12H18N4O4. The first kappa shape index (κ1) is 13.2. The minimum atomic E-state index is -0.436. The third kappa shape index (κ3) is 2.70. The molecule has 110 valence electrons. The number of aromatic amines is 1. The summed E-state index contributed by atoms with van der Waals surface area (Å²) in [6, 6.07) is 1.72. The Labute approximate surface area is 115 Å². The molecule has 20 heavy (non-hydrogen) atoms. The molecule has 0 aliphatic carbocycles. The number of nitrogens with one attached hydrogen (secondary N) is 2. The highest BCUT2D eigenvalue weighted by molar-refractivity contribution is 5.68. The Morgan fingerprint density at radius 3 is 3.05 bits per heavy atom. The topological polar surface area (TPSA) is 111 Å². The summed E-state index contributed by atoms with van der Waals surface area (Å²) in [6.07, 6.45) is -0.286. The van der Waals surface area contributed by atoms with E-state index in [2.05, 4.69) is 15.5 Å². The van der Waals surface area contributed by atoms with Crippen molar-refractivity contribution in [1.82, 2.24) is 15.5 Å². The van der Waals surface area contributed by atoms with Gasteiger partial charge in [0.15, 0.2) is 0 Å². The van der Waals surface area contributed by atoms with Crippen molar-refractivity contribution in [3.8, 4) is 0 Å². The van der Waals surface area contributed by atoms with Gasteiger partial charge in [-0.2, -0.15) is 5.10 Å². The largest absolute Gasteiger partial charge is 0.444 e. The van der Waals surface area contributed by atoms with Crippen LogP contribution < -0.4 is 11.1 Å². The van der Waals surface area contributed by atoms with E-state index in [1.54, 1.807) is 6.07 Å². The molecule has 2 saturated heterocycles. The second kappa shape index (κ2) is 4.95. The highest BCUT2D eigenvalue weighted by Gasteiger charge is 2.37. The average Bonchev–Trinajstić information content (AvgIpc) is 2.96. The molecule has 2 aliphatic rings. The minimum absolute atomic E-state index is 0.166. The molecule has 1 amide bonds. The zero-order valence-electron chi connectivity index (χ0n) is 11.2. The quantitative estimate of drug-likeness (QED) is 0.737. The van der Waals surface area contributed by atoms with Gasteiger partial charge in [0.25, 0.3) is 0 Å². The van der Waals surface area contributed by atoms with Crippen LogP contribution in [0.25, 0.3) is 0 Å². The third-order valence-electron chi connectivity index (χ3n) is 3.44. The molecule has 8 heteroatoms. The summed E-state index contributed by atoms with van der Waals surface area (Å²) in [5.41, 5.74) is 6.04. The summed E-state index contributed by atoms with van der Waals surface area (Å²) in [6.45, 7) is 3.31. The molecule has 0 spiro atoms. The van der Waals surface area contributed by atoms with E-state index in [1.165, 1.54) is 0 Å². The molecule has 0 bridgehead atoms. The smallest absolute Gasteiger partial charge is 0.408 e. The molecule has 0 unspecified atom stereocenters. The van der Waals surface area contributed by atoms with Gasteiger partial charge in [-0.25, -0.2) is 4.79 Å². The number of aromatic nitrogens is 2. The lowest BCUT2D eigenvalue weighted by Gasteiger charge is -2.38. The zero-order valence-corrected chi connectivity index (χ0v) is 11.2. The Bertz CT molecular complexity index is 499. The van der Waals surface area contributed by atoms with Crippen molar-refractivity contribution in [2.24, 2.45) is 0 Å². The number of carbonyl (C=O) groups is 1. The molecule has 2 fully saturated rings. The second-order valence-corrected chi connectivity index (χ2v) is 5.51. The Kier molecular flexibility index (Phi) is 3.27. The number of amides is 1. The number of carbonyl (C=O) groups excluding carboxylic acids is 1. The maximum atomic E-state index is 11.8. The van der Waals surface area contributed by atoms with Crippen molar-refractivity contribution in [2.45, 2.75) is 31.1 Å². The second-order valence-electron chi connectivity index (χ2n) is 5.51. The molecule has 2 aliphatic heterocycles. The number of nitrogen functional groups attached to an aromatic ring is 1. The molecule has 0 radical (unpaired) electrons. The number of H-pyrrole nitrogens is 1. The molecular weight excluding hydrogens is 264 g/mol. The lowest BCUT2D eigenvalue weighted by Crippen LogP contribution is -2.60. The van der Waals surface area contributed by atoms with Crippen LogP contribution in [0.2, 0.25) is 0 Å².